The zero-order chi connectivity index (χ0) is 27.0. The first-order valence-electron chi connectivity index (χ1n) is 11.5. The molecule has 1 aromatic carbocycles. The van der Waals surface area contributed by atoms with Gasteiger partial charge in [0.1, 0.15) is 5.69 Å². The Bertz CT molecular complexity index is 1240. The lowest BCUT2D eigenvalue weighted by molar-refractivity contribution is -0.0412. The first kappa shape index (κ1) is 28.8. The van der Waals surface area contributed by atoms with Gasteiger partial charge in [0, 0.05) is 36.7 Å². The molecule has 1 atom stereocenters. The molecule has 3 N–H and O–H groups in total. The van der Waals surface area contributed by atoms with Gasteiger partial charge in [0.25, 0.3) is 5.91 Å². The average molecular weight is 510 g/mol. The highest BCUT2D eigenvalue weighted by molar-refractivity contribution is 6.03. The van der Waals surface area contributed by atoms with Crippen molar-refractivity contribution in [2.24, 2.45) is 11.7 Å². The number of carbonyl (C=O) groups is 1. The SMILES string of the molecule is CC(C)C.COc1cccc(F)c1F.NC(=O)c1nccc2[nH]c([C@H]3CCCC(F)(F)C3)cc(=O)c12. The van der Waals surface area contributed by atoms with E-state index in [9.17, 15) is 27.2 Å². The van der Waals surface area contributed by atoms with E-state index in [-0.39, 0.29) is 29.7 Å². The van der Waals surface area contributed by atoms with E-state index in [0.717, 1.165) is 12.0 Å². The standard InChI is InChI=1S/C15H15F2N3O2.C7H6F2O.C4H10/c16-15(17)4-1-2-8(7-15)10-6-11(21)12-9(20-10)3-5-19-13(12)14(18)22;1-10-6-4-2-3-5(8)7(6)9;1-4(2)3/h3,5-6,8H,1-2,4,7H2,(H2,18,22)(H,20,21);2-4H,1H3;4H,1-3H3/t8-;;/m0../s1. The Morgan fingerprint density at radius 1 is 1.22 bits per heavy atom. The van der Waals surface area contributed by atoms with Crippen LogP contribution >= 0.6 is 0 Å². The van der Waals surface area contributed by atoms with E-state index in [4.69, 9.17) is 5.73 Å². The van der Waals surface area contributed by atoms with E-state index >= 15 is 0 Å². The molecule has 196 valence electrons. The number of ether oxygens (including phenoxy) is 1. The van der Waals surface area contributed by atoms with Gasteiger partial charge in [-0.15, -0.1) is 0 Å². The van der Waals surface area contributed by atoms with Crippen molar-refractivity contribution >= 4 is 16.8 Å². The summed E-state index contributed by atoms with van der Waals surface area (Å²) in [5.41, 5.74) is 5.53. The molecule has 3 aromatic rings. The van der Waals surface area contributed by atoms with Crippen molar-refractivity contribution in [3.63, 3.8) is 0 Å². The van der Waals surface area contributed by atoms with Gasteiger partial charge < -0.3 is 15.5 Å². The second-order valence-corrected chi connectivity index (χ2v) is 9.17. The zero-order valence-electron chi connectivity index (χ0n) is 20.7. The van der Waals surface area contributed by atoms with Gasteiger partial charge in [-0.1, -0.05) is 26.8 Å². The summed E-state index contributed by atoms with van der Waals surface area (Å²) in [6.45, 7) is 6.50. The first-order valence-corrected chi connectivity index (χ1v) is 11.5. The average Bonchev–Trinajstić information content (AvgIpc) is 2.79. The van der Waals surface area contributed by atoms with Crippen LogP contribution in [0.3, 0.4) is 0 Å². The molecule has 0 saturated heterocycles. The number of H-pyrrole nitrogens is 1. The molecule has 6 nitrogen and oxygen atoms in total. The van der Waals surface area contributed by atoms with Crippen LogP contribution in [0.25, 0.3) is 10.9 Å². The molecular weight excluding hydrogens is 478 g/mol. The summed E-state index contributed by atoms with van der Waals surface area (Å²) in [5.74, 6) is -4.96. The number of pyridine rings is 2. The summed E-state index contributed by atoms with van der Waals surface area (Å²) < 4.78 is 56.4. The van der Waals surface area contributed by atoms with Crippen LogP contribution in [0.15, 0.2) is 41.3 Å². The highest BCUT2D eigenvalue weighted by Gasteiger charge is 2.37. The van der Waals surface area contributed by atoms with Crippen LogP contribution in [-0.4, -0.2) is 28.9 Å². The molecule has 0 radical (unpaired) electrons. The molecule has 1 aliphatic rings. The van der Waals surface area contributed by atoms with E-state index in [0.29, 0.717) is 24.1 Å². The molecule has 10 heteroatoms. The fourth-order valence-corrected chi connectivity index (χ4v) is 3.71. The minimum atomic E-state index is -2.70. The van der Waals surface area contributed by atoms with Gasteiger partial charge in [-0.3, -0.25) is 14.6 Å². The lowest BCUT2D eigenvalue weighted by Gasteiger charge is -2.29. The Kier molecular flexibility index (Phi) is 10.0. The number of nitrogens with zero attached hydrogens (tertiary/aromatic N) is 1. The van der Waals surface area contributed by atoms with Gasteiger partial charge in [0.15, 0.2) is 17.0 Å². The number of aromatic nitrogens is 2. The summed E-state index contributed by atoms with van der Waals surface area (Å²) in [6, 6.07) is 6.60. The molecule has 2 heterocycles. The van der Waals surface area contributed by atoms with Crippen LogP contribution in [0.2, 0.25) is 0 Å². The van der Waals surface area contributed by atoms with E-state index < -0.39 is 34.8 Å². The molecule has 1 fully saturated rings. The molecule has 0 unspecified atom stereocenters. The second kappa shape index (κ2) is 12.5. The third-order valence-electron chi connectivity index (χ3n) is 5.21. The maximum absolute atomic E-state index is 13.6. The number of primary amides is 1. The molecule has 1 saturated carbocycles. The fourth-order valence-electron chi connectivity index (χ4n) is 3.71. The number of carbonyl (C=O) groups excluding carboxylic acids is 1. The number of nitrogens with two attached hydrogens (primary N) is 1. The molecule has 1 aliphatic carbocycles. The largest absolute Gasteiger partial charge is 0.494 e. The predicted molar refractivity (Wildman–Crippen MR) is 130 cm³/mol. The number of hydrogen-bond donors (Lipinski definition) is 2. The number of methoxy groups -OCH3 is 1. The summed E-state index contributed by atoms with van der Waals surface area (Å²) in [4.78, 5) is 30.4. The first-order chi connectivity index (χ1) is 16.9. The molecule has 36 heavy (non-hydrogen) atoms. The monoisotopic (exact) mass is 509 g/mol. The number of alkyl halides is 2. The lowest BCUT2D eigenvalue weighted by atomic mass is 9.84. The maximum Gasteiger partial charge on any atom is 0.268 e. The van der Waals surface area contributed by atoms with E-state index in [1.165, 1.54) is 37.6 Å². The quantitative estimate of drug-likeness (QED) is 0.426. The van der Waals surface area contributed by atoms with Crippen LogP contribution in [0.5, 0.6) is 5.75 Å². The topological polar surface area (TPSA) is 98.1 Å². The summed E-state index contributed by atoms with van der Waals surface area (Å²) in [7, 11) is 1.29. The van der Waals surface area contributed by atoms with Crippen LogP contribution in [-0.2, 0) is 0 Å². The van der Waals surface area contributed by atoms with Gasteiger partial charge in [-0.05, 0) is 37.0 Å². The number of benzene rings is 1. The molecule has 4 rings (SSSR count). The summed E-state index contributed by atoms with van der Waals surface area (Å²) in [6.07, 6.45) is 1.99. The second-order valence-electron chi connectivity index (χ2n) is 9.17. The number of amides is 1. The van der Waals surface area contributed by atoms with Crippen molar-refractivity contribution in [1.82, 2.24) is 9.97 Å². The van der Waals surface area contributed by atoms with Crippen molar-refractivity contribution < 1.29 is 27.1 Å². The number of hydrogen-bond acceptors (Lipinski definition) is 4. The molecule has 0 spiro atoms. The summed E-state index contributed by atoms with van der Waals surface area (Å²) in [5, 5.41) is 0.0984. The van der Waals surface area contributed by atoms with Gasteiger partial charge in [0.05, 0.1) is 18.0 Å². The van der Waals surface area contributed by atoms with Crippen molar-refractivity contribution in [2.45, 2.75) is 58.3 Å². The van der Waals surface area contributed by atoms with Crippen molar-refractivity contribution in [1.29, 1.82) is 0 Å². The third-order valence-corrected chi connectivity index (χ3v) is 5.21. The Morgan fingerprint density at radius 2 is 1.89 bits per heavy atom. The van der Waals surface area contributed by atoms with E-state index in [2.05, 4.69) is 35.5 Å². The maximum atomic E-state index is 13.6. The van der Waals surface area contributed by atoms with Crippen LogP contribution in [0.4, 0.5) is 17.6 Å². The molecular formula is C26H31F4N3O3. The van der Waals surface area contributed by atoms with Crippen molar-refractivity contribution in [3.05, 3.63) is 69.8 Å². The highest BCUT2D eigenvalue weighted by atomic mass is 19.3. The fraction of sp³-hybridized carbons (Fsp3) is 0.423. The Hall–Kier alpha value is -3.43. The van der Waals surface area contributed by atoms with Gasteiger partial charge in [-0.2, -0.15) is 4.39 Å². The van der Waals surface area contributed by atoms with Crippen molar-refractivity contribution in [3.8, 4) is 5.75 Å². The van der Waals surface area contributed by atoms with Crippen molar-refractivity contribution in [2.75, 3.05) is 7.11 Å². The Balaban J connectivity index is 0.000000270. The summed E-state index contributed by atoms with van der Waals surface area (Å²) >= 11 is 0. The van der Waals surface area contributed by atoms with Crippen LogP contribution < -0.4 is 15.9 Å². The third kappa shape index (κ3) is 7.79. The zero-order valence-corrected chi connectivity index (χ0v) is 20.7. The Morgan fingerprint density at radius 3 is 2.44 bits per heavy atom. The number of halogens is 4. The lowest BCUT2D eigenvalue weighted by Crippen LogP contribution is -2.26. The van der Waals surface area contributed by atoms with Crippen LogP contribution in [0, 0.1) is 17.6 Å². The highest BCUT2D eigenvalue weighted by Crippen LogP contribution is 2.41. The molecule has 0 aliphatic heterocycles. The predicted octanol–water partition coefficient (Wildman–Crippen LogP) is 5.95. The molecule has 2 aromatic heterocycles. The number of rotatable bonds is 3. The molecule has 1 amide bonds. The molecule has 0 bridgehead atoms. The number of aromatic amines is 1. The number of nitrogens with one attached hydrogen (secondary N) is 1. The number of fused-ring (bicyclic) bond motifs is 1. The van der Waals surface area contributed by atoms with Gasteiger partial charge >= 0.3 is 0 Å². The normalized spacial score (nSPS) is 16.4. The van der Waals surface area contributed by atoms with E-state index in [1.54, 1.807) is 0 Å². The minimum absolute atomic E-state index is 0.0694. The van der Waals surface area contributed by atoms with Gasteiger partial charge in [0.2, 0.25) is 11.7 Å². The van der Waals surface area contributed by atoms with Gasteiger partial charge in [-0.25, -0.2) is 13.2 Å². The van der Waals surface area contributed by atoms with Crippen LogP contribution in [0.1, 0.15) is 68.6 Å². The Labute approximate surface area is 206 Å². The minimum Gasteiger partial charge on any atom is -0.494 e. The smallest absolute Gasteiger partial charge is 0.268 e. The van der Waals surface area contributed by atoms with E-state index in [1.807, 2.05) is 0 Å².